The van der Waals surface area contributed by atoms with E-state index >= 15 is 0 Å². The Kier molecular flexibility index (Phi) is 5.01. The van der Waals surface area contributed by atoms with Gasteiger partial charge in [0.2, 0.25) is 0 Å². The van der Waals surface area contributed by atoms with Crippen molar-refractivity contribution in [3.05, 3.63) is 24.0 Å². The Bertz CT molecular complexity index is 504. The SMILES string of the molecule is CN1CCC(CN(C)C(=O)c2cccn2CC(=O)O)CC1. The van der Waals surface area contributed by atoms with E-state index < -0.39 is 5.97 Å². The summed E-state index contributed by atoms with van der Waals surface area (Å²) in [4.78, 5) is 27.3. The third-order valence-corrected chi connectivity index (χ3v) is 4.07. The minimum atomic E-state index is -0.946. The van der Waals surface area contributed by atoms with E-state index in [4.69, 9.17) is 5.11 Å². The maximum Gasteiger partial charge on any atom is 0.323 e. The molecule has 1 N–H and O–H groups in total. The van der Waals surface area contributed by atoms with Crippen LogP contribution in [0.2, 0.25) is 0 Å². The molecule has 1 fully saturated rings. The first-order valence-corrected chi connectivity index (χ1v) is 7.28. The van der Waals surface area contributed by atoms with Gasteiger partial charge in [-0.2, -0.15) is 0 Å². The van der Waals surface area contributed by atoms with Gasteiger partial charge in [0.05, 0.1) is 0 Å². The van der Waals surface area contributed by atoms with E-state index in [2.05, 4.69) is 11.9 Å². The lowest BCUT2D eigenvalue weighted by atomic mass is 9.96. The Hall–Kier alpha value is -1.82. The summed E-state index contributed by atoms with van der Waals surface area (Å²) < 4.78 is 1.48. The summed E-state index contributed by atoms with van der Waals surface area (Å²) in [6, 6.07) is 3.38. The molecule has 1 aliphatic heterocycles. The molecule has 2 heterocycles. The number of aliphatic carboxylic acids is 1. The monoisotopic (exact) mass is 293 g/mol. The van der Waals surface area contributed by atoms with E-state index in [-0.39, 0.29) is 12.5 Å². The van der Waals surface area contributed by atoms with Gasteiger partial charge in [0, 0.05) is 19.8 Å². The first kappa shape index (κ1) is 15.6. The summed E-state index contributed by atoms with van der Waals surface area (Å²) in [6.45, 7) is 2.69. The van der Waals surface area contributed by atoms with Gasteiger partial charge < -0.3 is 19.5 Å². The van der Waals surface area contributed by atoms with Gasteiger partial charge in [-0.25, -0.2) is 0 Å². The van der Waals surface area contributed by atoms with E-state index in [1.54, 1.807) is 30.3 Å². The molecule has 0 unspecified atom stereocenters. The maximum atomic E-state index is 12.4. The number of piperidine rings is 1. The number of likely N-dealkylation sites (tertiary alicyclic amines) is 1. The molecule has 1 amide bonds. The first-order valence-electron chi connectivity index (χ1n) is 7.28. The number of hydrogen-bond donors (Lipinski definition) is 1. The second-order valence-corrected chi connectivity index (χ2v) is 5.85. The van der Waals surface area contributed by atoms with Crippen LogP contribution >= 0.6 is 0 Å². The molecule has 0 radical (unpaired) electrons. The van der Waals surface area contributed by atoms with E-state index in [0.717, 1.165) is 32.5 Å². The predicted octanol–water partition coefficient (Wildman–Crippen LogP) is 0.986. The fourth-order valence-electron chi connectivity index (χ4n) is 2.80. The molecule has 116 valence electrons. The molecular weight excluding hydrogens is 270 g/mol. The van der Waals surface area contributed by atoms with Crippen molar-refractivity contribution >= 4 is 11.9 Å². The van der Waals surface area contributed by atoms with Gasteiger partial charge in [-0.05, 0) is 51.0 Å². The van der Waals surface area contributed by atoms with Crippen molar-refractivity contribution in [3.63, 3.8) is 0 Å². The van der Waals surface area contributed by atoms with Gasteiger partial charge in [-0.15, -0.1) is 0 Å². The molecule has 1 saturated heterocycles. The van der Waals surface area contributed by atoms with Crippen molar-refractivity contribution in [3.8, 4) is 0 Å². The standard InChI is InChI=1S/C15H23N3O3/c1-16-8-5-12(6-9-16)10-17(2)15(21)13-4-3-7-18(13)11-14(19)20/h3-4,7,12H,5-6,8-11H2,1-2H3,(H,19,20). The predicted molar refractivity (Wildman–Crippen MR) is 79.2 cm³/mol. The molecule has 0 aromatic carbocycles. The molecule has 1 aliphatic rings. The van der Waals surface area contributed by atoms with Crippen molar-refractivity contribution in [2.45, 2.75) is 19.4 Å². The fourth-order valence-corrected chi connectivity index (χ4v) is 2.80. The zero-order chi connectivity index (χ0) is 15.4. The second-order valence-electron chi connectivity index (χ2n) is 5.85. The van der Waals surface area contributed by atoms with E-state index in [1.165, 1.54) is 4.57 Å². The minimum Gasteiger partial charge on any atom is -0.480 e. The summed E-state index contributed by atoms with van der Waals surface area (Å²) in [5, 5.41) is 8.87. The molecule has 1 aromatic heterocycles. The first-order chi connectivity index (χ1) is 9.97. The van der Waals surface area contributed by atoms with Crippen LogP contribution < -0.4 is 0 Å². The van der Waals surface area contributed by atoms with Crippen LogP contribution in [-0.4, -0.2) is 65.1 Å². The van der Waals surface area contributed by atoms with E-state index in [1.807, 2.05) is 0 Å². The highest BCUT2D eigenvalue weighted by atomic mass is 16.4. The highest BCUT2D eigenvalue weighted by Gasteiger charge is 2.22. The molecule has 0 saturated carbocycles. The molecule has 0 spiro atoms. The van der Waals surface area contributed by atoms with E-state index in [9.17, 15) is 9.59 Å². The van der Waals surface area contributed by atoms with Crippen molar-refractivity contribution in [2.24, 2.45) is 5.92 Å². The van der Waals surface area contributed by atoms with Gasteiger partial charge in [0.25, 0.3) is 5.91 Å². The van der Waals surface area contributed by atoms with Crippen LogP contribution in [0.15, 0.2) is 18.3 Å². The zero-order valence-electron chi connectivity index (χ0n) is 12.7. The van der Waals surface area contributed by atoms with Crippen molar-refractivity contribution < 1.29 is 14.7 Å². The number of rotatable bonds is 5. The summed E-state index contributed by atoms with van der Waals surface area (Å²) in [5.74, 6) is -0.531. The Morgan fingerprint density at radius 3 is 2.67 bits per heavy atom. The third kappa shape index (κ3) is 4.07. The highest BCUT2D eigenvalue weighted by Crippen LogP contribution is 2.18. The molecule has 6 nitrogen and oxygen atoms in total. The normalized spacial score (nSPS) is 16.9. The van der Waals surface area contributed by atoms with Crippen molar-refractivity contribution in [2.75, 3.05) is 33.7 Å². The minimum absolute atomic E-state index is 0.111. The number of carboxylic acid groups (broad SMARTS) is 1. The largest absolute Gasteiger partial charge is 0.480 e. The third-order valence-electron chi connectivity index (χ3n) is 4.07. The number of aromatic nitrogens is 1. The summed E-state index contributed by atoms with van der Waals surface area (Å²) in [7, 11) is 3.91. The molecule has 0 aliphatic carbocycles. The summed E-state index contributed by atoms with van der Waals surface area (Å²) in [5.41, 5.74) is 0.438. The van der Waals surface area contributed by atoms with Crippen molar-refractivity contribution in [1.82, 2.24) is 14.4 Å². The topological polar surface area (TPSA) is 65.8 Å². The average molecular weight is 293 g/mol. The molecule has 6 heteroatoms. The van der Waals surface area contributed by atoms with Crippen LogP contribution in [0, 0.1) is 5.92 Å². The number of carbonyl (C=O) groups is 2. The number of nitrogens with zero attached hydrogens (tertiary/aromatic N) is 3. The molecule has 0 atom stereocenters. The van der Waals surface area contributed by atoms with Gasteiger partial charge >= 0.3 is 5.97 Å². The van der Waals surface area contributed by atoms with Crippen LogP contribution in [-0.2, 0) is 11.3 Å². The van der Waals surface area contributed by atoms with Gasteiger partial charge in [-0.1, -0.05) is 0 Å². The number of carbonyl (C=O) groups excluding carboxylic acids is 1. The van der Waals surface area contributed by atoms with E-state index in [0.29, 0.717) is 11.6 Å². The van der Waals surface area contributed by atoms with Gasteiger partial charge in [-0.3, -0.25) is 9.59 Å². The molecule has 21 heavy (non-hydrogen) atoms. The number of amides is 1. The number of hydrogen-bond acceptors (Lipinski definition) is 3. The summed E-state index contributed by atoms with van der Waals surface area (Å²) in [6.07, 6.45) is 3.83. The second kappa shape index (κ2) is 6.76. The van der Waals surface area contributed by atoms with Crippen LogP contribution in [0.1, 0.15) is 23.3 Å². The fraction of sp³-hybridized carbons (Fsp3) is 0.600. The lowest BCUT2D eigenvalue weighted by Gasteiger charge is -2.31. The maximum absolute atomic E-state index is 12.4. The summed E-state index contributed by atoms with van der Waals surface area (Å²) >= 11 is 0. The van der Waals surface area contributed by atoms with Crippen LogP contribution in [0.25, 0.3) is 0 Å². The lowest BCUT2D eigenvalue weighted by molar-refractivity contribution is -0.137. The van der Waals surface area contributed by atoms with Crippen LogP contribution in [0.4, 0.5) is 0 Å². The Labute approximate surface area is 124 Å². The molecule has 1 aromatic rings. The average Bonchev–Trinajstić information content (AvgIpc) is 2.87. The number of carboxylic acids is 1. The Morgan fingerprint density at radius 1 is 1.38 bits per heavy atom. The zero-order valence-corrected chi connectivity index (χ0v) is 12.7. The Balaban J connectivity index is 1.96. The molecule has 2 rings (SSSR count). The smallest absolute Gasteiger partial charge is 0.323 e. The Morgan fingerprint density at radius 2 is 2.05 bits per heavy atom. The molecular formula is C15H23N3O3. The van der Waals surface area contributed by atoms with Crippen LogP contribution in [0.5, 0.6) is 0 Å². The quantitative estimate of drug-likeness (QED) is 0.879. The van der Waals surface area contributed by atoms with Gasteiger partial charge in [0.15, 0.2) is 0 Å². The lowest BCUT2D eigenvalue weighted by Crippen LogP contribution is -2.38. The molecule has 0 bridgehead atoms. The van der Waals surface area contributed by atoms with Crippen LogP contribution in [0.3, 0.4) is 0 Å². The van der Waals surface area contributed by atoms with Crippen molar-refractivity contribution in [1.29, 1.82) is 0 Å². The van der Waals surface area contributed by atoms with Gasteiger partial charge in [0.1, 0.15) is 12.2 Å². The highest BCUT2D eigenvalue weighted by molar-refractivity contribution is 5.93.